The molecule has 1 aromatic heterocycles. The van der Waals surface area contributed by atoms with Crippen molar-refractivity contribution in [1.82, 2.24) is 9.97 Å². The Balaban J connectivity index is 2.07. The van der Waals surface area contributed by atoms with E-state index in [2.05, 4.69) is 15.3 Å². The smallest absolute Gasteiger partial charge is 0.217 e. The number of nitrogens with zero attached hydrogens (tertiary/aromatic N) is 2. The Morgan fingerprint density at radius 3 is 2.88 bits per heavy atom. The van der Waals surface area contributed by atoms with Gasteiger partial charge in [0.05, 0.1) is 7.11 Å². The summed E-state index contributed by atoms with van der Waals surface area (Å²) in [5.74, 6) is 0.681. The summed E-state index contributed by atoms with van der Waals surface area (Å²) in [6.45, 7) is 0.514. The van der Waals surface area contributed by atoms with Crippen LogP contribution >= 0.6 is 0 Å². The SMILES string of the molecule is COc1ccccc1CNc1cc(F)ncn1. The molecule has 0 saturated carbocycles. The molecule has 4 nitrogen and oxygen atoms in total. The predicted molar refractivity (Wildman–Crippen MR) is 62.3 cm³/mol. The number of nitrogens with one attached hydrogen (secondary N) is 1. The first kappa shape index (κ1) is 11.3. The van der Waals surface area contributed by atoms with Gasteiger partial charge < -0.3 is 10.1 Å². The molecule has 0 aliphatic heterocycles. The molecule has 1 aromatic carbocycles. The maximum atomic E-state index is 12.8. The molecule has 0 atom stereocenters. The lowest BCUT2D eigenvalue weighted by Gasteiger charge is -2.09. The van der Waals surface area contributed by atoms with Gasteiger partial charge in [-0.25, -0.2) is 9.97 Å². The second kappa shape index (κ2) is 5.25. The Morgan fingerprint density at radius 2 is 2.12 bits per heavy atom. The van der Waals surface area contributed by atoms with E-state index in [1.54, 1.807) is 7.11 Å². The fourth-order valence-corrected chi connectivity index (χ4v) is 1.47. The molecule has 2 aromatic rings. The van der Waals surface area contributed by atoms with Gasteiger partial charge in [0.15, 0.2) is 0 Å². The van der Waals surface area contributed by atoms with Crippen molar-refractivity contribution in [3.8, 4) is 5.75 Å². The van der Waals surface area contributed by atoms with Gasteiger partial charge in [-0.15, -0.1) is 0 Å². The van der Waals surface area contributed by atoms with E-state index in [-0.39, 0.29) is 0 Å². The largest absolute Gasteiger partial charge is 0.496 e. The third kappa shape index (κ3) is 2.90. The van der Waals surface area contributed by atoms with Gasteiger partial charge in [0.2, 0.25) is 5.95 Å². The minimum absolute atomic E-state index is 0.448. The molecule has 0 aliphatic rings. The van der Waals surface area contributed by atoms with Crippen molar-refractivity contribution >= 4 is 5.82 Å². The third-order valence-electron chi connectivity index (χ3n) is 2.29. The standard InChI is InChI=1S/C12H12FN3O/c1-17-10-5-3-2-4-9(10)7-14-12-6-11(13)15-8-16-12/h2-6,8H,7H2,1H3,(H,14,15,16). The maximum absolute atomic E-state index is 12.8. The van der Waals surface area contributed by atoms with Gasteiger partial charge in [-0.2, -0.15) is 4.39 Å². The molecule has 1 N–H and O–H groups in total. The summed E-state index contributed by atoms with van der Waals surface area (Å²) in [5.41, 5.74) is 0.981. The molecule has 0 unspecified atom stereocenters. The van der Waals surface area contributed by atoms with Crippen LogP contribution < -0.4 is 10.1 Å². The second-order valence-corrected chi connectivity index (χ2v) is 3.39. The number of aromatic nitrogens is 2. The first-order valence-electron chi connectivity index (χ1n) is 5.13. The van der Waals surface area contributed by atoms with Crippen molar-refractivity contribution in [1.29, 1.82) is 0 Å². The molecule has 0 aliphatic carbocycles. The average molecular weight is 233 g/mol. The molecule has 5 heteroatoms. The lowest BCUT2D eigenvalue weighted by atomic mass is 10.2. The minimum atomic E-state index is -0.553. The summed E-state index contributed by atoms with van der Waals surface area (Å²) in [6.07, 6.45) is 1.18. The van der Waals surface area contributed by atoms with Crippen LogP contribution in [0.5, 0.6) is 5.75 Å². The Bertz CT molecular complexity index is 505. The van der Waals surface area contributed by atoms with Crippen molar-refractivity contribution in [2.45, 2.75) is 6.54 Å². The summed E-state index contributed by atoms with van der Waals surface area (Å²) in [5, 5.41) is 3.01. The normalized spacial score (nSPS) is 10.0. The zero-order valence-electron chi connectivity index (χ0n) is 9.35. The number of rotatable bonds is 4. The molecular weight excluding hydrogens is 221 g/mol. The van der Waals surface area contributed by atoms with E-state index in [1.165, 1.54) is 12.4 Å². The number of hydrogen-bond donors (Lipinski definition) is 1. The summed E-state index contributed by atoms with van der Waals surface area (Å²) < 4.78 is 18.0. The Labute approximate surface area is 98.5 Å². The highest BCUT2D eigenvalue weighted by atomic mass is 19.1. The Morgan fingerprint density at radius 1 is 1.29 bits per heavy atom. The van der Waals surface area contributed by atoms with Crippen LogP contribution in [-0.4, -0.2) is 17.1 Å². The number of halogens is 1. The lowest BCUT2D eigenvalue weighted by molar-refractivity contribution is 0.410. The molecule has 0 bridgehead atoms. The highest BCUT2D eigenvalue weighted by molar-refractivity contribution is 5.39. The van der Waals surface area contributed by atoms with Gasteiger partial charge in [0.1, 0.15) is 17.9 Å². The van der Waals surface area contributed by atoms with Crippen LogP contribution in [-0.2, 0) is 6.54 Å². The van der Waals surface area contributed by atoms with Gasteiger partial charge in [-0.05, 0) is 6.07 Å². The molecule has 2 rings (SSSR count). The highest BCUT2D eigenvalue weighted by Crippen LogP contribution is 2.18. The van der Waals surface area contributed by atoms with Gasteiger partial charge in [-0.1, -0.05) is 18.2 Å². The van der Waals surface area contributed by atoms with Crippen LogP contribution in [0.1, 0.15) is 5.56 Å². The van der Waals surface area contributed by atoms with E-state index < -0.39 is 5.95 Å². The molecule has 0 fully saturated rings. The van der Waals surface area contributed by atoms with Crippen LogP contribution in [0.3, 0.4) is 0 Å². The summed E-state index contributed by atoms with van der Waals surface area (Å²) >= 11 is 0. The van der Waals surface area contributed by atoms with Crippen LogP contribution in [0.4, 0.5) is 10.2 Å². The molecule has 0 amide bonds. The van der Waals surface area contributed by atoms with E-state index in [0.29, 0.717) is 12.4 Å². The molecule has 88 valence electrons. The van der Waals surface area contributed by atoms with Crippen molar-refractivity contribution in [2.24, 2.45) is 0 Å². The number of methoxy groups -OCH3 is 1. The first-order valence-corrected chi connectivity index (χ1v) is 5.13. The van der Waals surface area contributed by atoms with E-state index in [0.717, 1.165) is 11.3 Å². The van der Waals surface area contributed by atoms with Crippen LogP contribution in [0, 0.1) is 5.95 Å². The second-order valence-electron chi connectivity index (χ2n) is 3.39. The lowest BCUT2D eigenvalue weighted by Crippen LogP contribution is -2.03. The van der Waals surface area contributed by atoms with Crippen LogP contribution in [0.25, 0.3) is 0 Å². The third-order valence-corrected chi connectivity index (χ3v) is 2.29. The van der Waals surface area contributed by atoms with E-state index in [9.17, 15) is 4.39 Å². The van der Waals surface area contributed by atoms with Crippen molar-refractivity contribution in [2.75, 3.05) is 12.4 Å². The van der Waals surface area contributed by atoms with E-state index in [1.807, 2.05) is 24.3 Å². The minimum Gasteiger partial charge on any atom is -0.496 e. The van der Waals surface area contributed by atoms with Gasteiger partial charge in [0, 0.05) is 18.2 Å². The Hall–Kier alpha value is -2.17. The Kier molecular flexibility index (Phi) is 3.49. The summed E-state index contributed by atoms with van der Waals surface area (Å²) in [4.78, 5) is 7.29. The summed E-state index contributed by atoms with van der Waals surface area (Å²) in [7, 11) is 1.61. The molecule has 17 heavy (non-hydrogen) atoms. The predicted octanol–water partition coefficient (Wildman–Crippen LogP) is 2.24. The molecular formula is C12H12FN3O. The van der Waals surface area contributed by atoms with Crippen molar-refractivity contribution in [3.63, 3.8) is 0 Å². The fourth-order valence-electron chi connectivity index (χ4n) is 1.47. The van der Waals surface area contributed by atoms with Gasteiger partial charge >= 0.3 is 0 Å². The molecule has 0 radical (unpaired) electrons. The fraction of sp³-hybridized carbons (Fsp3) is 0.167. The van der Waals surface area contributed by atoms with Crippen molar-refractivity contribution < 1.29 is 9.13 Å². The average Bonchev–Trinajstić information content (AvgIpc) is 2.37. The molecule has 1 heterocycles. The topological polar surface area (TPSA) is 47.0 Å². The van der Waals surface area contributed by atoms with Gasteiger partial charge in [0.25, 0.3) is 0 Å². The number of ether oxygens (including phenoxy) is 1. The number of anilines is 1. The molecule has 0 spiro atoms. The van der Waals surface area contributed by atoms with Crippen molar-refractivity contribution in [3.05, 3.63) is 48.2 Å². The summed E-state index contributed by atoms with van der Waals surface area (Å²) in [6, 6.07) is 8.86. The zero-order chi connectivity index (χ0) is 12.1. The quantitative estimate of drug-likeness (QED) is 0.823. The highest BCUT2D eigenvalue weighted by Gasteiger charge is 2.02. The van der Waals surface area contributed by atoms with Crippen LogP contribution in [0.2, 0.25) is 0 Å². The number of benzene rings is 1. The van der Waals surface area contributed by atoms with Gasteiger partial charge in [-0.3, -0.25) is 0 Å². The monoisotopic (exact) mass is 233 g/mol. The number of hydrogen-bond acceptors (Lipinski definition) is 4. The first-order chi connectivity index (χ1) is 8.29. The van der Waals surface area contributed by atoms with E-state index >= 15 is 0 Å². The molecule has 0 saturated heterocycles. The maximum Gasteiger partial charge on any atom is 0.217 e. The van der Waals surface area contributed by atoms with E-state index in [4.69, 9.17) is 4.74 Å². The zero-order valence-corrected chi connectivity index (χ0v) is 9.35. The van der Waals surface area contributed by atoms with Crippen LogP contribution in [0.15, 0.2) is 36.7 Å². The number of para-hydroxylation sites is 1.